The van der Waals surface area contributed by atoms with Gasteiger partial charge in [-0.25, -0.2) is 0 Å². The minimum Gasteiger partial charge on any atom is -0.265 e. The van der Waals surface area contributed by atoms with Gasteiger partial charge in [0.15, 0.2) is 0 Å². The van der Waals surface area contributed by atoms with E-state index in [1.165, 1.54) is 13.8 Å². The lowest BCUT2D eigenvalue weighted by Crippen LogP contribution is -2.26. The van der Waals surface area contributed by atoms with Gasteiger partial charge in [-0.2, -0.15) is 21.0 Å². The average molecular weight is 309 g/mol. The third kappa shape index (κ3) is 6.39. The van der Waals surface area contributed by atoms with Crippen molar-refractivity contribution >= 4 is 28.3 Å². The van der Waals surface area contributed by atoms with Gasteiger partial charge in [-0.1, -0.05) is 0 Å². The Morgan fingerprint density at radius 3 is 2.00 bits per heavy atom. The van der Waals surface area contributed by atoms with Crippen molar-refractivity contribution in [2.45, 2.75) is 19.0 Å². The molecule has 0 aliphatic heterocycles. The summed E-state index contributed by atoms with van der Waals surface area (Å²) in [7, 11) is -11.4. The van der Waals surface area contributed by atoms with Gasteiger partial charge in [-0.15, -0.1) is 4.52 Å². The highest BCUT2D eigenvalue weighted by atomic mass is 32.2. The Hall–Kier alpha value is -0.120. The van der Waals surface area contributed by atoms with E-state index in [9.17, 15) is 21.4 Å². The van der Waals surface area contributed by atoms with Crippen molar-refractivity contribution in [1.29, 1.82) is 0 Å². The van der Waals surface area contributed by atoms with Crippen molar-refractivity contribution in [1.82, 2.24) is 0 Å². The topological polar surface area (TPSA) is 113 Å². The van der Waals surface area contributed by atoms with E-state index in [0.29, 0.717) is 6.26 Å². The number of hydrogen-bond donors (Lipinski definition) is 0. The molecule has 17 heavy (non-hydrogen) atoms. The maximum atomic E-state index is 11.4. The van der Waals surface area contributed by atoms with E-state index < -0.39 is 33.4 Å². The van der Waals surface area contributed by atoms with Crippen molar-refractivity contribution in [3.8, 4) is 0 Å². The molecule has 0 aliphatic carbocycles. The van der Waals surface area contributed by atoms with Crippen molar-refractivity contribution in [2.24, 2.45) is 0 Å². The van der Waals surface area contributed by atoms with Crippen molar-refractivity contribution in [3.05, 3.63) is 0 Å². The second-order valence-electron chi connectivity index (χ2n) is 2.71. The molecule has 102 valence electrons. The first-order valence-electron chi connectivity index (χ1n) is 4.49. The van der Waals surface area contributed by atoms with E-state index >= 15 is 0 Å². The summed E-state index contributed by atoms with van der Waals surface area (Å²) in [5, 5.41) is -2.19. The molecule has 0 radical (unpaired) electrons. The SMILES string of the molecule is CCO[P+](=O)C(OS(C)(=O)=O)S(=O)(=O)OCC. The summed E-state index contributed by atoms with van der Waals surface area (Å²) in [5.41, 5.74) is 0. The molecule has 11 heteroatoms. The van der Waals surface area contributed by atoms with E-state index in [-0.39, 0.29) is 13.2 Å². The maximum Gasteiger partial charge on any atom is 0.561 e. The zero-order chi connectivity index (χ0) is 13.7. The molecule has 2 unspecified atom stereocenters. The summed E-state index contributed by atoms with van der Waals surface area (Å²) in [4.78, 5) is 0. The van der Waals surface area contributed by atoms with Gasteiger partial charge in [0.2, 0.25) is 0 Å². The highest BCUT2D eigenvalue weighted by Crippen LogP contribution is 2.35. The molecule has 0 aromatic carbocycles. The van der Waals surface area contributed by atoms with Crippen molar-refractivity contribution in [3.63, 3.8) is 0 Å². The van der Waals surface area contributed by atoms with Gasteiger partial charge >= 0.3 is 23.3 Å². The van der Waals surface area contributed by atoms with Gasteiger partial charge in [0.25, 0.3) is 10.1 Å². The van der Waals surface area contributed by atoms with Gasteiger partial charge < -0.3 is 0 Å². The molecule has 0 saturated carbocycles. The summed E-state index contributed by atoms with van der Waals surface area (Å²) >= 11 is 0. The molecule has 0 rings (SSSR count). The predicted molar refractivity (Wildman–Crippen MR) is 59.5 cm³/mol. The number of rotatable bonds is 8. The van der Waals surface area contributed by atoms with E-state index in [2.05, 4.69) is 12.9 Å². The molecule has 0 aliphatic rings. The van der Waals surface area contributed by atoms with Crippen LogP contribution in [-0.4, -0.2) is 41.5 Å². The molecule has 0 saturated heterocycles. The Kier molecular flexibility index (Phi) is 6.67. The Morgan fingerprint density at radius 2 is 1.65 bits per heavy atom. The van der Waals surface area contributed by atoms with Crippen molar-refractivity contribution < 1.29 is 34.3 Å². The summed E-state index contributed by atoms with van der Waals surface area (Å²) in [5.74, 6) is 0. The lowest BCUT2D eigenvalue weighted by atomic mass is 10.9. The van der Waals surface area contributed by atoms with Crippen LogP contribution in [0.15, 0.2) is 0 Å². The highest BCUT2D eigenvalue weighted by Gasteiger charge is 2.49. The molecule has 0 aromatic heterocycles. The molecule has 0 N–H and O–H groups in total. The van der Waals surface area contributed by atoms with E-state index in [1.807, 2.05) is 0 Å². The first-order chi connectivity index (χ1) is 7.64. The van der Waals surface area contributed by atoms with Crippen LogP contribution < -0.4 is 0 Å². The fraction of sp³-hybridized carbons (Fsp3) is 1.00. The average Bonchev–Trinajstić information content (AvgIpc) is 2.13. The normalized spacial score (nSPS) is 15.6. The van der Waals surface area contributed by atoms with Crippen LogP contribution in [0.1, 0.15) is 13.8 Å². The van der Waals surface area contributed by atoms with Crippen LogP contribution in [0.25, 0.3) is 0 Å². The monoisotopic (exact) mass is 309 g/mol. The van der Waals surface area contributed by atoms with E-state index in [1.54, 1.807) is 0 Å². The summed E-state index contributed by atoms with van der Waals surface area (Å²) in [6.07, 6.45) is 0.636. The second kappa shape index (κ2) is 6.72. The van der Waals surface area contributed by atoms with E-state index in [0.717, 1.165) is 0 Å². The zero-order valence-electron chi connectivity index (χ0n) is 9.52. The quantitative estimate of drug-likeness (QED) is 0.467. The van der Waals surface area contributed by atoms with Gasteiger partial charge in [0.1, 0.15) is 0 Å². The maximum absolute atomic E-state index is 11.4. The largest absolute Gasteiger partial charge is 0.561 e. The number of hydrogen-bond acceptors (Lipinski definition) is 8. The van der Waals surface area contributed by atoms with Gasteiger partial charge in [-0.3, -0.25) is 4.18 Å². The molecule has 0 heterocycles. The summed E-state index contributed by atoms with van der Waals surface area (Å²) in [6, 6.07) is 0. The first kappa shape index (κ1) is 16.9. The lowest BCUT2D eigenvalue weighted by Gasteiger charge is -2.06. The lowest BCUT2D eigenvalue weighted by molar-refractivity contribution is 0.260. The van der Waals surface area contributed by atoms with E-state index in [4.69, 9.17) is 0 Å². The summed E-state index contributed by atoms with van der Waals surface area (Å²) in [6.45, 7) is 2.56. The molecule has 2 atom stereocenters. The minimum absolute atomic E-state index is 0.0551. The first-order valence-corrected chi connectivity index (χ1v) is 9.03. The Bertz CT molecular complexity index is 452. The van der Waals surface area contributed by atoms with Crippen LogP contribution in [0, 0.1) is 0 Å². The Balaban J connectivity index is 5.19. The fourth-order valence-corrected chi connectivity index (χ4v) is 4.64. The third-order valence-corrected chi connectivity index (χ3v) is 5.43. The van der Waals surface area contributed by atoms with Crippen LogP contribution in [0.3, 0.4) is 0 Å². The molecular formula is C6H14O8PS2+. The molecule has 0 aromatic rings. The molecular weight excluding hydrogens is 295 g/mol. The third-order valence-electron chi connectivity index (χ3n) is 1.21. The van der Waals surface area contributed by atoms with Crippen molar-refractivity contribution in [2.75, 3.05) is 19.5 Å². The molecule has 0 spiro atoms. The zero-order valence-corrected chi connectivity index (χ0v) is 12.0. The molecule has 8 nitrogen and oxygen atoms in total. The van der Waals surface area contributed by atoms with Gasteiger partial charge in [0.05, 0.1) is 19.5 Å². The Labute approximate surface area is 101 Å². The Morgan fingerprint density at radius 1 is 1.12 bits per heavy atom. The van der Waals surface area contributed by atoms with Crippen LogP contribution in [-0.2, 0) is 37.7 Å². The fourth-order valence-electron chi connectivity index (χ4n) is 0.749. The molecule has 0 bridgehead atoms. The minimum atomic E-state index is -4.44. The standard InChI is InChI=1S/C6H14O8PS2/c1-4-12-15(7)6(14-16(3,8)9)17(10,11)13-5-2/h6H,4-5H2,1-3H3/q+1. The van der Waals surface area contributed by atoms with Gasteiger partial charge in [-0.05, 0) is 18.4 Å². The van der Waals surface area contributed by atoms with Gasteiger partial charge in [0, 0.05) is 0 Å². The van der Waals surface area contributed by atoms with Crippen LogP contribution in [0.2, 0.25) is 0 Å². The smallest absolute Gasteiger partial charge is 0.265 e. The van der Waals surface area contributed by atoms with Crippen LogP contribution in [0.5, 0.6) is 0 Å². The predicted octanol–water partition coefficient (Wildman–Crippen LogP) is 0.391. The highest BCUT2D eigenvalue weighted by molar-refractivity contribution is 7.94. The molecule has 0 amide bonds. The van der Waals surface area contributed by atoms with Crippen LogP contribution in [0.4, 0.5) is 0 Å². The summed E-state index contributed by atoms with van der Waals surface area (Å²) < 4.78 is 69.2. The molecule has 0 fully saturated rings. The second-order valence-corrected chi connectivity index (χ2v) is 7.61. The van der Waals surface area contributed by atoms with Crippen LogP contribution >= 0.6 is 8.03 Å².